The maximum atomic E-state index is 13.1. The van der Waals surface area contributed by atoms with E-state index in [1.54, 1.807) is 29.0 Å². The number of aromatic nitrogens is 3. The molecule has 0 saturated heterocycles. The summed E-state index contributed by atoms with van der Waals surface area (Å²) >= 11 is 7.61. The van der Waals surface area contributed by atoms with Crippen molar-refractivity contribution in [2.75, 3.05) is 0 Å². The monoisotopic (exact) mass is 379 g/mol. The Hall–Kier alpha value is -2.63. The van der Waals surface area contributed by atoms with E-state index in [-0.39, 0.29) is 5.56 Å². The van der Waals surface area contributed by atoms with Gasteiger partial charge in [-0.05, 0) is 42.5 Å². The Morgan fingerprint density at radius 2 is 1.85 bits per heavy atom. The van der Waals surface area contributed by atoms with Crippen LogP contribution in [0.3, 0.4) is 0 Å². The molecule has 2 aromatic carbocycles. The van der Waals surface area contributed by atoms with Crippen LogP contribution >= 0.6 is 23.4 Å². The van der Waals surface area contributed by atoms with Gasteiger partial charge in [-0.15, -0.1) is 0 Å². The van der Waals surface area contributed by atoms with Gasteiger partial charge in [0.05, 0.1) is 22.3 Å². The average molecular weight is 380 g/mol. The molecule has 0 spiro atoms. The van der Waals surface area contributed by atoms with Gasteiger partial charge in [0.25, 0.3) is 5.56 Å². The van der Waals surface area contributed by atoms with Gasteiger partial charge >= 0.3 is 0 Å². The van der Waals surface area contributed by atoms with Crippen molar-refractivity contribution in [3.8, 4) is 5.69 Å². The van der Waals surface area contributed by atoms with E-state index in [9.17, 15) is 4.79 Å². The van der Waals surface area contributed by atoms with Gasteiger partial charge in [-0.3, -0.25) is 14.3 Å². The second-order valence-corrected chi connectivity index (χ2v) is 7.02. The van der Waals surface area contributed by atoms with Crippen LogP contribution in [-0.4, -0.2) is 14.5 Å². The highest BCUT2D eigenvalue weighted by atomic mass is 35.5. The van der Waals surface area contributed by atoms with Crippen molar-refractivity contribution in [2.24, 2.45) is 0 Å². The van der Waals surface area contributed by atoms with Crippen LogP contribution in [0.5, 0.6) is 0 Å². The van der Waals surface area contributed by atoms with E-state index in [2.05, 4.69) is 4.98 Å². The lowest BCUT2D eigenvalue weighted by Crippen LogP contribution is -2.21. The lowest BCUT2D eigenvalue weighted by atomic mass is 10.2. The largest absolute Gasteiger partial charge is 0.268 e. The fourth-order valence-electron chi connectivity index (χ4n) is 2.67. The molecule has 0 N–H and O–H groups in total. The zero-order valence-corrected chi connectivity index (χ0v) is 15.2. The topological polar surface area (TPSA) is 47.8 Å². The molecule has 6 heteroatoms. The molecule has 4 aromatic rings. The first kappa shape index (κ1) is 16.8. The Morgan fingerprint density at radius 1 is 1.00 bits per heavy atom. The van der Waals surface area contributed by atoms with Crippen LogP contribution in [0.4, 0.5) is 0 Å². The number of benzene rings is 2. The van der Waals surface area contributed by atoms with Crippen molar-refractivity contribution < 1.29 is 0 Å². The molecule has 26 heavy (non-hydrogen) atoms. The van der Waals surface area contributed by atoms with Crippen molar-refractivity contribution in [1.82, 2.24) is 14.5 Å². The van der Waals surface area contributed by atoms with Crippen LogP contribution < -0.4 is 5.56 Å². The van der Waals surface area contributed by atoms with E-state index in [0.29, 0.717) is 32.5 Å². The summed E-state index contributed by atoms with van der Waals surface area (Å²) in [6, 6.07) is 20.4. The maximum Gasteiger partial charge on any atom is 0.266 e. The number of nitrogens with zero attached hydrogens (tertiary/aromatic N) is 3. The molecular weight excluding hydrogens is 366 g/mol. The van der Waals surface area contributed by atoms with Crippen LogP contribution in [-0.2, 0) is 5.75 Å². The molecule has 0 amide bonds. The number of hydrogen-bond donors (Lipinski definition) is 0. The second-order valence-electron chi connectivity index (χ2n) is 5.64. The van der Waals surface area contributed by atoms with E-state index in [0.717, 1.165) is 5.69 Å². The van der Waals surface area contributed by atoms with Crippen molar-refractivity contribution in [2.45, 2.75) is 10.9 Å². The van der Waals surface area contributed by atoms with Gasteiger partial charge in [0, 0.05) is 17.0 Å². The molecule has 2 aromatic heterocycles. The summed E-state index contributed by atoms with van der Waals surface area (Å²) in [4.78, 5) is 22.2. The van der Waals surface area contributed by atoms with E-state index in [1.807, 2.05) is 48.5 Å². The highest BCUT2D eigenvalue weighted by Crippen LogP contribution is 2.25. The Kier molecular flexibility index (Phi) is 4.73. The van der Waals surface area contributed by atoms with Gasteiger partial charge in [-0.2, -0.15) is 0 Å². The molecule has 0 radical (unpaired) electrons. The summed E-state index contributed by atoms with van der Waals surface area (Å²) in [7, 11) is 0. The van der Waals surface area contributed by atoms with E-state index in [4.69, 9.17) is 16.6 Å². The summed E-state index contributed by atoms with van der Waals surface area (Å²) < 4.78 is 1.61. The molecule has 0 atom stereocenters. The molecule has 0 unspecified atom stereocenters. The third-order valence-electron chi connectivity index (χ3n) is 3.89. The summed E-state index contributed by atoms with van der Waals surface area (Å²) in [6.07, 6.45) is 1.76. The first-order valence-electron chi connectivity index (χ1n) is 8.03. The van der Waals surface area contributed by atoms with Crippen LogP contribution in [0, 0.1) is 0 Å². The number of pyridine rings is 1. The zero-order chi connectivity index (χ0) is 17.9. The number of rotatable bonds is 4. The average Bonchev–Trinajstić information content (AvgIpc) is 2.67. The number of fused-ring (bicyclic) bond motifs is 1. The van der Waals surface area contributed by atoms with E-state index in [1.165, 1.54) is 11.8 Å². The van der Waals surface area contributed by atoms with Crippen LogP contribution in [0.1, 0.15) is 5.69 Å². The molecule has 128 valence electrons. The van der Waals surface area contributed by atoms with Crippen LogP contribution in [0.25, 0.3) is 16.6 Å². The number of para-hydroxylation sites is 1. The Labute approximate surface area is 159 Å². The standard InChI is InChI=1S/C20H14ClN3OS/c21-14-6-5-8-16(12-14)24-19(25)17-9-1-2-10-18(17)23-20(24)26-13-15-7-3-4-11-22-15/h1-12H,13H2. The molecule has 0 saturated carbocycles. The Balaban J connectivity index is 1.86. The summed E-state index contributed by atoms with van der Waals surface area (Å²) in [5.74, 6) is 0.617. The summed E-state index contributed by atoms with van der Waals surface area (Å²) in [5.41, 5.74) is 2.20. The summed E-state index contributed by atoms with van der Waals surface area (Å²) in [6.45, 7) is 0. The molecule has 0 aliphatic rings. The quantitative estimate of drug-likeness (QED) is 0.380. The SMILES string of the molecule is O=c1c2ccccc2nc(SCc2ccccn2)n1-c1cccc(Cl)c1. The maximum absolute atomic E-state index is 13.1. The van der Waals surface area contributed by atoms with Gasteiger partial charge in [-0.25, -0.2) is 4.98 Å². The van der Waals surface area contributed by atoms with Crippen molar-refractivity contribution >= 4 is 34.3 Å². The minimum absolute atomic E-state index is 0.110. The Bertz CT molecular complexity index is 1130. The molecule has 0 bridgehead atoms. The van der Waals surface area contributed by atoms with E-state index >= 15 is 0 Å². The molecule has 4 nitrogen and oxygen atoms in total. The summed E-state index contributed by atoms with van der Waals surface area (Å²) in [5, 5.41) is 1.76. The molecule has 0 aliphatic heterocycles. The second kappa shape index (κ2) is 7.32. The van der Waals surface area contributed by atoms with Gasteiger partial charge < -0.3 is 0 Å². The fourth-order valence-corrected chi connectivity index (χ4v) is 3.79. The number of hydrogen-bond acceptors (Lipinski definition) is 4. The van der Waals surface area contributed by atoms with Gasteiger partial charge in [0.2, 0.25) is 0 Å². The lowest BCUT2D eigenvalue weighted by molar-refractivity contribution is 0.819. The Morgan fingerprint density at radius 3 is 2.65 bits per heavy atom. The van der Waals surface area contributed by atoms with E-state index < -0.39 is 0 Å². The predicted octanol–water partition coefficient (Wildman–Crippen LogP) is 4.73. The van der Waals surface area contributed by atoms with Crippen LogP contribution in [0.2, 0.25) is 5.02 Å². The number of thioether (sulfide) groups is 1. The zero-order valence-electron chi connectivity index (χ0n) is 13.7. The molecule has 4 rings (SSSR count). The third kappa shape index (κ3) is 3.36. The molecule has 2 heterocycles. The van der Waals surface area contributed by atoms with Crippen molar-refractivity contribution in [1.29, 1.82) is 0 Å². The molecule has 0 fully saturated rings. The highest BCUT2D eigenvalue weighted by molar-refractivity contribution is 7.98. The highest BCUT2D eigenvalue weighted by Gasteiger charge is 2.13. The lowest BCUT2D eigenvalue weighted by Gasteiger charge is -2.13. The normalized spacial score (nSPS) is 11.0. The van der Waals surface area contributed by atoms with Gasteiger partial charge in [0.15, 0.2) is 5.16 Å². The van der Waals surface area contributed by atoms with Gasteiger partial charge in [0.1, 0.15) is 0 Å². The van der Waals surface area contributed by atoms with Gasteiger partial charge in [-0.1, -0.05) is 47.6 Å². The molecule has 0 aliphatic carbocycles. The van der Waals surface area contributed by atoms with Crippen molar-refractivity contribution in [3.63, 3.8) is 0 Å². The minimum atomic E-state index is -0.110. The van der Waals surface area contributed by atoms with Crippen molar-refractivity contribution in [3.05, 3.63) is 94.0 Å². The first-order valence-corrected chi connectivity index (χ1v) is 9.39. The number of halogens is 1. The first-order chi connectivity index (χ1) is 12.7. The predicted molar refractivity (Wildman–Crippen MR) is 106 cm³/mol. The third-order valence-corrected chi connectivity index (χ3v) is 5.09. The van der Waals surface area contributed by atoms with Crippen LogP contribution in [0.15, 0.2) is 82.9 Å². The fraction of sp³-hybridized carbons (Fsp3) is 0.0500. The minimum Gasteiger partial charge on any atom is -0.268 e. The smallest absolute Gasteiger partial charge is 0.266 e. The molecular formula is C20H14ClN3OS.